The van der Waals surface area contributed by atoms with Crippen LogP contribution < -0.4 is 10.2 Å². The van der Waals surface area contributed by atoms with Crippen molar-refractivity contribution in [3.05, 3.63) is 29.6 Å². The third-order valence-corrected chi connectivity index (χ3v) is 3.45. The van der Waals surface area contributed by atoms with Crippen LogP contribution >= 0.6 is 0 Å². The summed E-state index contributed by atoms with van der Waals surface area (Å²) in [4.78, 5) is 13.8. The molecule has 0 radical (unpaired) electrons. The van der Waals surface area contributed by atoms with E-state index in [9.17, 15) is 9.18 Å². The first kappa shape index (κ1) is 14.5. The number of nitrogens with one attached hydrogen (secondary N) is 1. The Hall–Kier alpha value is -1.93. The van der Waals surface area contributed by atoms with Crippen LogP contribution in [-0.4, -0.2) is 25.0 Å². The summed E-state index contributed by atoms with van der Waals surface area (Å²) in [6, 6.07) is 5.87. The Balaban J connectivity index is 2.19. The zero-order chi connectivity index (χ0) is 14.5. The maximum atomic E-state index is 14.0. The Labute approximate surface area is 118 Å². The zero-order valence-corrected chi connectivity index (χ0v) is 11.5. The highest BCUT2D eigenvalue weighted by Crippen LogP contribution is 2.25. The van der Waals surface area contributed by atoms with Crippen LogP contribution in [0.25, 0.3) is 0 Å². The van der Waals surface area contributed by atoms with Crippen LogP contribution in [0.3, 0.4) is 0 Å². The lowest BCUT2D eigenvalue weighted by Crippen LogP contribution is -2.51. The Morgan fingerprint density at radius 3 is 3.00 bits per heavy atom. The molecule has 1 fully saturated rings. The van der Waals surface area contributed by atoms with E-state index in [2.05, 4.69) is 5.32 Å². The number of hydrogen-bond acceptors (Lipinski definition) is 3. The van der Waals surface area contributed by atoms with E-state index < -0.39 is 5.82 Å². The number of halogens is 1. The highest BCUT2D eigenvalue weighted by atomic mass is 19.1. The van der Waals surface area contributed by atoms with E-state index in [1.807, 2.05) is 13.0 Å². The van der Waals surface area contributed by atoms with E-state index in [1.165, 1.54) is 23.1 Å². The van der Waals surface area contributed by atoms with Gasteiger partial charge in [0.2, 0.25) is 5.91 Å². The molecule has 1 N–H and O–H groups in total. The van der Waals surface area contributed by atoms with Crippen molar-refractivity contribution in [3.63, 3.8) is 0 Å². The van der Waals surface area contributed by atoms with E-state index in [4.69, 9.17) is 5.26 Å². The number of carbonyl (C=O) groups excluding carboxylic acids is 1. The number of nitriles is 1. The smallest absolute Gasteiger partial charge is 0.244 e. The number of hydrogen-bond donors (Lipinski definition) is 1. The quantitative estimate of drug-likeness (QED) is 0.916. The first-order valence-corrected chi connectivity index (χ1v) is 6.91. The van der Waals surface area contributed by atoms with Crippen LogP contribution in [0.1, 0.15) is 31.7 Å². The number of nitrogens with zero attached hydrogens (tertiary/aromatic N) is 2. The number of piperidine rings is 1. The molecule has 1 unspecified atom stereocenters. The van der Waals surface area contributed by atoms with Gasteiger partial charge in [0, 0.05) is 6.54 Å². The molecule has 1 aliphatic heterocycles. The van der Waals surface area contributed by atoms with Gasteiger partial charge in [0.05, 0.1) is 23.4 Å². The molecule has 0 spiro atoms. The van der Waals surface area contributed by atoms with Crippen molar-refractivity contribution in [1.29, 1.82) is 5.26 Å². The predicted octanol–water partition coefficient (Wildman–Crippen LogP) is 2.19. The predicted molar refractivity (Wildman–Crippen MR) is 74.8 cm³/mol. The number of anilines is 1. The molecule has 20 heavy (non-hydrogen) atoms. The van der Waals surface area contributed by atoms with Crippen LogP contribution in [0.2, 0.25) is 0 Å². The summed E-state index contributed by atoms with van der Waals surface area (Å²) >= 11 is 0. The summed E-state index contributed by atoms with van der Waals surface area (Å²) < 4.78 is 14.0. The summed E-state index contributed by atoms with van der Waals surface area (Å²) in [5, 5.41) is 11.9. The number of rotatable bonds is 4. The Bertz CT molecular complexity index is 538. The van der Waals surface area contributed by atoms with Crippen LogP contribution in [0.15, 0.2) is 18.2 Å². The molecule has 1 aromatic carbocycles. The summed E-state index contributed by atoms with van der Waals surface area (Å²) in [6.45, 7) is 3.34. The monoisotopic (exact) mass is 275 g/mol. The molecule has 2 rings (SSSR count). The van der Waals surface area contributed by atoms with Gasteiger partial charge in [0.15, 0.2) is 0 Å². The lowest BCUT2D eigenvalue weighted by molar-refractivity contribution is -0.121. The SMILES string of the molecule is CCCNC1CCCN(c2ccc(C#N)cc2F)C1=O. The largest absolute Gasteiger partial charge is 0.308 e. The molecular weight excluding hydrogens is 257 g/mol. The highest BCUT2D eigenvalue weighted by Gasteiger charge is 2.30. The summed E-state index contributed by atoms with van der Waals surface area (Å²) in [6.07, 6.45) is 2.58. The molecular formula is C15H18FN3O. The molecule has 0 saturated carbocycles. The second-order valence-electron chi connectivity index (χ2n) is 4.92. The molecule has 0 bridgehead atoms. The zero-order valence-electron chi connectivity index (χ0n) is 11.5. The van der Waals surface area contributed by atoms with E-state index in [1.54, 1.807) is 0 Å². The number of benzene rings is 1. The van der Waals surface area contributed by atoms with Gasteiger partial charge in [-0.1, -0.05) is 6.92 Å². The second-order valence-corrected chi connectivity index (χ2v) is 4.92. The van der Waals surface area contributed by atoms with Gasteiger partial charge in [-0.05, 0) is 44.0 Å². The van der Waals surface area contributed by atoms with E-state index in [0.717, 1.165) is 25.8 Å². The molecule has 1 saturated heterocycles. The van der Waals surface area contributed by atoms with Gasteiger partial charge >= 0.3 is 0 Å². The van der Waals surface area contributed by atoms with E-state index >= 15 is 0 Å². The minimum Gasteiger partial charge on any atom is -0.308 e. The van der Waals surface area contributed by atoms with Crippen LogP contribution in [-0.2, 0) is 4.79 Å². The molecule has 1 heterocycles. The molecule has 5 heteroatoms. The van der Waals surface area contributed by atoms with Gasteiger partial charge in [-0.2, -0.15) is 5.26 Å². The van der Waals surface area contributed by atoms with Crippen LogP contribution in [0.5, 0.6) is 0 Å². The van der Waals surface area contributed by atoms with Crippen molar-refractivity contribution in [3.8, 4) is 6.07 Å². The van der Waals surface area contributed by atoms with Crippen molar-refractivity contribution in [2.75, 3.05) is 18.0 Å². The second kappa shape index (κ2) is 6.49. The standard InChI is InChI=1S/C15H18FN3O/c1-2-7-18-13-4-3-8-19(15(13)20)14-6-5-11(10-17)9-12(14)16/h5-6,9,13,18H,2-4,7-8H2,1H3. The average Bonchev–Trinajstić information content (AvgIpc) is 2.46. The van der Waals surface area contributed by atoms with Crippen LogP contribution in [0.4, 0.5) is 10.1 Å². The summed E-state index contributed by atoms with van der Waals surface area (Å²) in [5.41, 5.74) is 0.522. The molecule has 0 aliphatic carbocycles. The molecule has 1 amide bonds. The van der Waals surface area contributed by atoms with Gasteiger partial charge in [0.1, 0.15) is 5.82 Å². The fourth-order valence-electron chi connectivity index (χ4n) is 2.42. The highest BCUT2D eigenvalue weighted by molar-refractivity contribution is 5.98. The van der Waals surface area contributed by atoms with E-state index in [0.29, 0.717) is 6.54 Å². The summed E-state index contributed by atoms with van der Waals surface area (Å²) in [7, 11) is 0. The first-order chi connectivity index (χ1) is 9.67. The van der Waals surface area contributed by atoms with Crippen molar-refractivity contribution in [2.45, 2.75) is 32.2 Å². The van der Waals surface area contributed by atoms with E-state index in [-0.39, 0.29) is 23.2 Å². The Morgan fingerprint density at radius 2 is 2.35 bits per heavy atom. The number of amides is 1. The molecule has 0 aromatic heterocycles. The van der Waals surface area contributed by atoms with Crippen LogP contribution in [0, 0.1) is 17.1 Å². The minimum absolute atomic E-state index is 0.0895. The Morgan fingerprint density at radius 1 is 1.55 bits per heavy atom. The molecule has 1 atom stereocenters. The molecule has 4 nitrogen and oxygen atoms in total. The fourth-order valence-corrected chi connectivity index (χ4v) is 2.42. The fraction of sp³-hybridized carbons (Fsp3) is 0.467. The molecule has 106 valence electrons. The minimum atomic E-state index is -0.520. The first-order valence-electron chi connectivity index (χ1n) is 6.91. The van der Waals surface area contributed by atoms with Gasteiger partial charge in [-0.25, -0.2) is 4.39 Å². The topological polar surface area (TPSA) is 56.1 Å². The maximum absolute atomic E-state index is 14.0. The van der Waals surface area contributed by atoms with Gasteiger partial charge in [-0.15, -0.1) is 0 Å². The lowest BCUT2D eigenvalue weighted by Gasteiger charge is -2.33. The Kier molecular flexibility index (Phi) is 4.70. The van der Waals surface area contributed by atoms with Crippen molar-refractivity contribution < 1.29 is 9.18 Å². The lowest BCUT2D eigenvalue weighted by atomic mass is 10.0. The third kappa shape index (κ3) is 2.97. The van der Waals surface area contributed by atoms with Gasteiger partial charge < -0.3 is 10.2 Å². The third-order valence-electron chi connectivity index (χ3n) is 3.45. The average molecular weight is 275 g/mol. The van der Waals surface area contributed by atoms with Crippen molar-refractivity contribution in [2.24, 2.45) is 0 Å². The van der Waals surface area contributed by atoms with Gasteiger partial charge in [0.25, 0.3) is 0 Å². The molecule has 1 aliphatic rings. The van der Waals surface area contributed by atoms with Gasteiger partial charge in [-0.3, -0.25) is 4.79 Å². The summed E-state index contributed by atoms with van der Waals surface area (Å²) in [5.74, 6) is -0.609. The normalized spacial score (nSPS) is 18.9. The molecule has 1 aromatic rings. The number of carbonyl (C=O) groups is 1. The van der Waals surface area contributed by atoms with Crippen molar-refractivity contribution >= 4 is 11.6 Å². The maximum Gasteiger partial charge on any atom is 0.244 e. The van der Waals surface area contributed by atoms with Crippen molar-refractivity contribution in [1.82, 2.24) is 5.32 Å².